The summed E-state index contributed by atoms with van der Waals surface area (Å²) in [6, 6.07) is 0. The number of nitrogens with zero attached hydrogens (tertiary/aromatic N) is 1. The molecule has 0 amide bonds. The number of hydrogen-bond acceptors (Lipinski definition) is 3. The van der Waals surface area contributed by atoms with E-state index in [9.17, 15) is 10.0 Å². The van der Waals surface area contributed by atoms with Gasteiger partial charge in [-0.3, -0.25) is 4.79 Å². The highest BCUT2D eigenvalue weighted by Gasteiger charge is 2.39. The van der Waals surface area contributed by atoms with Crippen LogP contribution in [0.2, 0.25) is 0 Å². The van der Waals surface area contributed by atoms with Crippen LogP contribution in [0.3, 0.4) is 0 Å². The van der Waals surface area contributed by atoms with E-state index in [1.54, 1.807) is 0 Å². The lowest BCUT2D eigenvalue weighted by molar-refractivity contribution is -0.130. The minimum atomic E-state index is -3.97. The second-order valence-corrected chi connectivity index (χ2v) is 2.52. The normalized spacial score (nSPS) is 62.6. The van der Waals surface area contributed by atoms with E-state index in [4.69, 9.17) is 19.2 Å². The summed E-state index contributed by atoms with van der Waals surface area (Å²) in [5.74, 6) is -1.88. The smallest absolute Gasteiger partial charge is 0.136 e. The zero-order chi connectivity index (χ0) is 21.3. The number of hydrogen-bond donors (Lipinski definition) is 0. The molecule has 0 aromatic carbocycles. The molecule has 0 aromatic rings. The van der Waals surface area contributed by atoms with Crippen LogP contribution in [0.4, 0.5) is 0 Å². The van der Waals surface area contributed by atoms with Crippen LogP contribution in [0.15, 0.2) is 0 Å². The van der Waals surface area contributed by atoms with E-state index in [0.717, 1.165) is 0 Å². The van der Waals surface area contributed by atoms with Gasteiger partial charge >= 0.3 is 0 Å². The first-order chi connectivity index (χ1) is 11.1. The Morgan fingerprint density at radius 3 is 2.17 bits per heavy atom. The van der Waals surface area contributed by atoms with E-state index in [1.165, 1.54) is 0 Å². The number of hydroxylamine groups is 2. The fourth-order valence-corrected chi connectivity index (χ4v) is 0.849. The van der Waals surface area contributed by atoms with E-state index < -0.39 is 62.1 Å². The zero-order valence-corrected chi connectivity index (χ0v) is 5.92. The van der Waals surface area contributed by atoms with Crippen molar-refractivity contribution in [2.45, 2.75) is 51.3 Å². The first-order valence-electron chi connectivity index (χ1n) is 10.1. The molecule has 0 bridgehead atoms. The third-order valence-corrected chi connectivity index (χ3v) is 1.34. The molecule has 3 nitrogen and oxygen atoms in total. The van der Waals surface area contributed by atoms with Gasteiger partial charge in [0.1, 0.15) is 5.78 Å². The minimum absolute atomic E-state index is 1.20. The number of ketones is 1. The number of rotatable bonds is 0. The maximum Gasteiger partial charge on any atom is 0.136 e. The highest BCUT2D eigenvalue weighted by atomic mass is 16.5. The van der Waals surface area contributed by atoms with Crippen LogP contribution >= 0.6 is 0 Å². The van der Waals surface area contributed by atoms with Gasteiger partial charge in [-0.2, -0.15) is 0 Å². The monoisotopic (exact) mass is 184 g/mol. The Balaban J connectivity index is 4.14. The molecule has 0 aliphatic carbocycles. The SMILES string of the molecule is [2H]C1C(=O)C([2H])C(C([2H])([2H])[2H])(C([2H])([2H])[2H])N([O-])C1(C([2H])([2H])[2H])C([2H])([2H])[2H]. The summed E-state index contributed by atoms with van der Waals surface area (Å²) in [6.07, 6.45) is -5.78. The molecule has 1 aliphatic rings. The summed E-state index contributed by atoms with van der Waals surface area (Å²) < 4.78 is 105. The Morgan fingerprint density at radius 2 is 1.83 bits per heavy atom. The molecule has 1 fully saturated rings. The first-order valence-corrected chi connectivity index (χ1v) is 2.99. The first kappa shape index (κ1) is 1.98. The van der Waals surface area contributed by atoms with Crippen molar-refractivity contribution in [1.29, 1.82) is 0 Å². The van der Waals surface area contributed by atoms with E-state index >= 15 is 0 Å². The molecule has 1 aliphatic heterocycles. The molecule has 0 radical (unpaired) electrons. The topological polar surface area (TPSA) is 43.4 Å². The van der Waals surface area contributed by atoms with Crippen LogP contribution in [0.5, 0.6) is 0 Å². The lowest BCUT2D eigenvalue weighted by Crippen LogP contribution is -2.57. The predicted molar refractivity (Wildman–Crippen MR) is 47.6 cm³/mol. The molecule has 1 saturated heterocycles. The van der Waals surface area contributed by atoms with Gasteiger partial charge in [0.15, 0.2) is 0 Å². The van der Waals surface area contributed by atoms with Crippen molar-refractivity contribution in [3.63, 3.8) is 0 Å². The van der Waals surface area contributed by atoms with Crippen molar-refractivity contribution < 1.29 is 24.0 Å². The average Bonchev–Trinajstić information content (AvgIpc) is 2.30. The number of piperidine rings is 1. The van der Waals surface area contributed by atoms with Crippen LogP contribution in [0.25, 0.3) is 0 Å². The van der Waals surface area contributed by atoms with E-state index in [2.05, 4.69) is 0 Å². The molecule has 12 heavy (non-hydrogen) atoms. The third kappa shape index (κ3) is 1.52. The maximum absolute atomic E-state index is 13.0. The highest BCUT2D eigenvalue weighted by Crippen LogP contribution is 2.34. The van der Waals surface area contributed by atoms with Crippen LogP contribution in [0, 0.1) is 5.21 Å². The van der Waals surface area contributed by atoms with Crippen molar-refractivity contribution in [2.75, 3.05) is 0 Å². The Kier molecular flexibility index (Phi) is 0.420. The summed E-state index contributed by atoms with van der Waals surface area (Å²) in [7, 11) is 0. The summed E-state index contributed by atoms with van der Waals surface area (Å²) in [4.78, 5) is 12.3. The van der Waals surface area contributed by atoms with Crippen LogP contribution in [0.1, 0.15) is 59.4 Å². The van der Waals surface area contributed by atoms with Gasteiger partial charge in [-0.15, -0.1) is 0 Å². The van der Waals surface area contributed by atoms with Crippen LogP contribution in [-0.2, 0) is 4.79 Å². The van der Waals surface area contributed by atoms with E-state index in [0.29, 0.717) is 0 Å². The second kappa shape index (κ2) is 2.54. The van der Waals surface area contributed by atoms with Crippen molar-refractivity contribution >= 4 is 5.78 Å². The molecule has 0 N–H and O–H groups in total. The van der Waals surface area contributed by atoms with Crippen molar-refractivity contribution in [2.24, 2.45) is 0 Å². The molecular weight excluding hydrogens is 154 g/mol. The molecule has 70 valence electrons. The Bertz CT molecular complexity index is 495. The average molecular weight is 184 g/mol. The van der Waals surface area contributed by atoms with Gasteiger partial charge in [0, 0.05) is 43.1 Å². The quantitative estimate of drug-likeness (QED) is 0.575. The minimum Gasteiger partial charge on any atom is -0.784 e. The van der Waals surface area contributed by atoms with Gasteiger partial charge in [0.05, 0.1) is 0 Å². The predicted octanol–water partition coefficient (Wildman–Crippen LogP) is 1.71. The Labute approximate surface area is 93.0 Å². The summed E-state index contributed by atoms with van der Waals surface area (Å²) >= 11 is 0. The van der Waals surface area contributed by atoms with Gasteiger partial charge in [-0.1, -0.05) is 0 Å². The van der Waals surface area contributed by atoms with Crippen LogP contribution < -0.4 is 0 Å². The molecule has 2 atom stereocenters. The molecule has 2 unspecified atom stereocenters. The largest absolute Gasteiger partial charge is 0.784 e. The van der Waals surface area contributed by atoms with Gasteiger partial charge in [0.25, 0.3) is 0 Å². The summed E-state index contributed by atoms with van der Waals surface area (Å²) in [5, 5.41) is 11.8. The van der Waals surface area contributed by atoms with E-state index in [-0.39, 0.29) is 0 Å². The zero-order valence-electron chi connectivity index (χ0n) is 19.9. The number of carbonyl (C=O) groups is 1. The molecule has 1 heterocycles. The van der Waals surface area contributed by atoms with Gasteiger partial charge < -0.3 is 10.3 Å². The highest BCUT2D eigenvalue weighted by molar-refractivity contribution is 5.81. The molecule has 0 aromatic heterocycles. The molecule has 3 heteroatoms. The molecule has 0 spiro atoms. The molecule has 1 rings (SSSR count). The number of carbonyl (C=O) groups excluding carboxylic acids is 1. The van der Waals surface area contributed by atoms with Crippen molar-refractivity contribution in [1.82, 2.24) is 5.06 Å². The summed E-state index contributed by atoms with van der Waals surface area (Å²) in [5.41, 5.74) is -7.95. The molecule has 0 saturated carbocycles. The molecular formula is C9H16NO2-. The maximum atomic E-state index is 13.0. The van der Waals surface area contributed by atoms with Crippen molar-refractivity contribution in [3.8, 4) is 0 Å². The van der Waals surface area contributed by atoms with E-state index in [1.807, 2.05) is 0 Å². The Hall–Kier alpha value is -0.410. The third-order valence-electron chi connectivity index (χ3n) is 1.34. The van der Waals surface area contributed by atoms with Crippen LogP contribution in [-0.4, -0.2) is 21.9 Å². The fourth-order valence-electron chi connectivity index (χ4n) is 0.849. The van der Waals surface area contributed by atoms with Crippen molar-refractivity contribution in [3.05, 3.63) is 5.21 Å². The fraction of sp³-hybridized carbons (Fsp3) is 0.889. The standard InChI is InChI=1S/C9H16NO2/c1-8(2)5-7(11)6-9(3,4)10(8)12/h5-6H2,1-4H3/q-1/i1D3,2D3,3D3,4D3,5D,6D. The second-order valence-electron chi connectivity index (χ2n) is 2.52. The van der Waals surface area contributed by atoms with Gasteiger partial charge in [-0.05, 0) is 27.4 Å². The number of Topliss-reactive ketones (excluding diaryl/α,β-unsaturated/α-hetero) is 1. The van der Waals surface area contributed by atoms with Gasteiger partial charge in [-0.25, -0.2) is 0 Å². The lowest BCUT2D eigenvalue weighted by atomic mass is 9.81. The van der Waals surface area contributed by atoms with Gasteiger partial charge in [0.2, 0.25) is 0 Å². The Morgan fingerprint density at radius 1 is 1.42 bits per heavy atom. The summed E-state index contributed by atoms with van der Waals surface area (Å²) in [6.45, 7) is -15.8. The lowest BCUT2D eigenvalue weighted by Gasteiger charge is -2.57.